The second-order valence-electron chi connectivity index (χ2n) is 10.8. The van der Waals surface area contributed by atoms with Crippen LogP contribution in [0.2, 0.25) is 0 Å². The van der Waals surface area contributed by atoms with Crippen molar-refractivity contribution < 1.29 is 21.3 Å². The maximum absolute atomic E-state index is 2.65. The number of allylic oxidation sites excluding steroid dienone is 4. The van der Waals surface area contributed by atoms with Crippen LogP contribution in [0.3, 0.4) is 0 Å². The third-order valence-corrected chi connectivity index (χ3v) is 17.1. The molecule has 4 aromatic carbocycles. The summed E-state index contributed by atoms with van der Waals surface area (Å²) in [5.74, 6) is 0. The van der Waals surface area contributed by atoms with Gasteiger partial charge in [-0.2, -0.15) is 0 Å². The normalized spacial score (nSPS) is 13.7. The van der Waals surface area contributed by atoms with Gasteiger partial charge in [0.25, 0.3) is 0 Å². The van der Waals surface area contributed by atoms with Gasteiger partial charge in [0, 0.05) is 0 Å². The van der Waals surface area contributed by atoms with Crippen LogP contribution < -0.4 is 0 Å². The topological polar surface area (TPSA) is 0 Å². The Morgan fingerprint density at radius 3 is 1.55 bits per heavy atom. The summed E-state index contributed by atoms with van der Waals surface area (Å²) in [5.41, 5.74) is 14.8. The second kappa shape index (κ2) is 13.1. The van der Waals surface area contributed by atoms with Gasteiger partial charge in [-0.15, -0.1) is 24.8 Å². The van der Waals surface area contributed by atoms with E-state index in [2.05, 4.69) is 131 Å². The van der Waals surface area contributed by atoms with Crippen molar-refractivity contribution in [3.63, 3.8) is 0 Å². The van der Waals surface area contributed by atoms with Crippen molar-refractivity contribution in [3.8, 4) is 11.1 Å². The fraction of sp³-hybridized carbons (Fsp3) is 0.216. The minimum Gasteiger partial charge on any atom is -0.147 e. The van der Waals surface area contributed by atoms with Crippen molar-refractivity contribution in [2.45, 2.75) is 50.6 Å². The molecule has 0 N–H and O–H groups in total. The molecule has 0 bridgehead atoms. The average Bonchev–Trinajstić information content (AvgIpc) is 3.47. The number of aryl methyl sites for hydroxylation is 2. The molecule has 2 aliphatic rings. The van der Waals surface area contributed by atoms with Crippen LogP contribution in [0.15, 0.2) is 118 Å². The molecule has 6 rings (SSSR count). The van der Waals surface area contributed by atoms with E-state index < -0.39 is 21.3 Å². The Bertz CT molecular complexity index is 1520. The zero-order valence-corrected chi connectivity index (χ0v) is 27.9. The Morgan fingerprint density at radius 2 is 1.15 bits per heavy atom. The molecule has 4 aromatic rings. The molecule has 0 fully saturated rings. The number of hydrogen-bond donors (Lipinski definition) is 0. The molecule has 0 saturated heterocycles. The van der Waals surface area contributed by atoms with Crippen LogP contribution in [0.1, 0.15) is 71.1 Å². The Morgan fingerprint density at radius 1 is 0.675 bits per heavy atom. The summed E-state index contributed by atoms with van der Waals surface area (Å²) in [7, 11) is 0. The van der Waals surface area contributed by atoms with Crippen molar-refractivity contribution in [2.75, 3.05) is 0 Å². The maximum Gasteiger partial charge on any atom is -0.147 e. The quantitative estimate of drug-likeness (QED) is 0.196. The Kier molecular flexibility index (Phi) is 10.1. The first-order valence-electron chi connectivity index (χ1n) is 14.1. The predicted molar refractivity (Wildman–Crippen MR) is 174 cm³/mol. The molecule has 204 valence electrons. The Hall–Kier alpha value is -2.31. The largest absolute Gasteiger partial charge is 0.147 e. The van der Waals surface area contributed by atoms with Gasteiger partial charge >= 0.3 is 237 Å². The van der Waals surface area contributed by atoms with E-state index in [1.807, 2.05) is 0 Å². The molecule has 0 atom stereocenters. The monoisotopic (exact) mass is 642 g/mol. The van der Waals surface area contributed by atoms with E-state index in [9.17, 15) is 0 Å². The summed E-state index contributed by atoms with van der Waals surface area (Å²) >= 11 is -2.65. The minimum absolute atomic E-state index is 0. The molecule has 0 heterocycles. The zero-order chi connectivity index (χ0) is 26.2. The van der Waals surface area contributed by atoms with E-state index in [1.165, 1.54) is 44.5 Å². The van der Waals surface area contributed by atoms with Crippen molar-refractivity contribution in [3.05, 3.63) is 151 Å². The first-order chi connectivity index (χ1) is 18.6. The SMILES string of the molecule is CCc1ccc2c(c1)[CH]([Zr]([C]1=C(C)C=C(C)C1)=[C](c1ccccc1)c1ccccc1)c1cc(CC)ccc1-2.Cl.Cl. The summed E-state index contributed by atoms with van der Waals surface area (Å²) in [6.45, 7) is 9.27. The van der Waals surface area contributed by atoms with Crippen LogP contribution in [0.5, 0.6) is 0 Å². The van der Waals surface area contributed by atoms with Gasteiger partial charge in [0.15, 0.2) is 0 Å². The number of benzene rings is 4. The second-order valence-corrected chi connectivity index (χ2v) is 17.0. The molecule has 0 spiro atoms. The molecular weight excluding hydrogens is 607 g/mol. The van der Waals surface area contributed by atoms with E-state index in [1.54, 1.807) is 17.6 Å². The summed E-state index contributed by atoms with van der Waals surface area (Å²) in [4.78, 5) is 0. The summed E-state index contributed by atoms with van der Waals surface area (Å²) in [6.07, 6.45) is 5.74. The van der Waals surface area contributed by atoms with E-state index >= 15 is 0 Å². The number of fused-ring (bicyclic) bond motifs is 3. The van der Waals surface area contributed by atoms with Gasteiger partial charge in [0.1, 0.15) is 0 Å². The first-order valence-corrected chi connectivity index (χ1v) is 17.9. The van der Waals surface area contributed by atoms with Crippen LogP contribution in [0.25, 0.3) is 11.1 Å². The van der Waals surface area contributed by atoms with E-state index in [-0.39, 0.29) is 24.8 Å². The van der Waals surface area contributed by atoms with Crippen LogP contribution >= 0.6 is 24.8 Å². The fourth-order valence-electron chi connectivity index (χ4n) is 6.50. The van der Waals surface area contributed by atoms with Gasteiger partial charge in [-0.1, -0.05) is 0 Å². The van der Waals surface area contributed by atoms with Gasteiger partial charge in [-0.3, -0.25) is 0 Å². The molecule has 2 aliphatic carbocycles. The van der Waals surface area contributed by atoms with E-state index in [0.29, 0.717) is 3.63 Å². The zero-order valence-electron chi connectivity index (χ0n) is 23.8. The molecule has 0 radical (unpaired) electrons. The third kappa shape index (κ3) is 5.59. The molecular formula is C37H38Cl2Zr. The van der Waals surface area contributed by atoms with Crippen molar-refractivity contribution in [1.82, 2.24) is 0 Å². The number of rotatable bonds is 6. The molecule has 0 amide bonds. The van der Waals surface area contributed by atoms with Crippen molar-refractivity contribution >= 4 is 28.0 Å². The van der Waals surface area contributed by atoms with Crippen LogP contribution in [-0.2, 0) is 34.1 Å². The van der Waals surface area contributed by atoms with Crippen LogP contribution in [0.4, 0.5) is 0 Å². The van der Waals surface area contributed by atoms with Crippen molar-refractivity contribution in [1.29, 1.82) is 0 Å². The van der Waals surface area contributed by atoms with Gasteiger partial charge in [-0.05, 0) is 0 Å². The van der Waals surface area contributed by atoms with E-state index in [4.69, 9.17) is 0 Å². The number of hydrogen-bond acceptors (Lipinski definition) is 0. The van der Waals surface area contributed by atoms with Crippen LogP contribution in [0, 0.1) is 0 Å². The van der Waals surface area contributed by atoms with Gasteiger partial charge in [-0.25, -0.2) is 0 Å². The van der Waals surface area contributed by atoms with Gasteiger partial charge in [0.2, 0.25) is 0 Å². The Labute approximate surface area is 260 Å². The fourth-order valence-corrected chi connectivity index (χ4v) is 16.2. The van der Waals surface area contributed by atoms with Gasteiger partial charge < -0.3 is 0 Å². The van der Waals surface area contributed by atoms with Crippen molar-refractivity contribution in [2.24, 2.45) is 0 Å². The van der Waals surface area contributed by atoms with E-state index in [0.717, 1.165) is 19.3 Å². The summed E-state index contributed by atoms with van der Waals surface area (Å²) < 4.78 is 3.87. The molecule has 0 aliphatic heterocycles. The van der Waals surface area contributed by atoms with Crippen LogP contribution in [-0.4, -0.2) is 3.21 Å². The minimum atomic E-state index is -2.65. The number of halogens is 2. The molecule has 0 nitrogen and oxygen atoms in total. The molecule has 40 heavy (non-hydrogen) atoms. The summed E-state index contributed by atoms with van der Waals surface area (Å²) in [5, 5.41) is 0. The molecule has 0 unspecified atom stereocenters. The average molecular weight is 645 g/mol. The summed E-state index contributed by atoms with van der Waals surface area (Å²) in [6, 6.07) is 37.3. The predicted octanol–water partition coefficient (Wildman–Crippen LogP) is 10.2. The Balaban J connectivity index is 0.00000185. The standard InChI is InChI=1S/C17H17.C13H10.C7H9.2ClH.Zr/c1-3-12-5-7-16-14(9-12)11-15-10-13(4-2)6-8-17(15)16;1-3-7-12(8-4-1)11-13-9-5-2-6-10-13;1-6-3-4-7(2)5-6;;;/h5-11H,3-4H2,1-2H3;1-10H;5H,3H2,1-2H3;2*1H;. The third-order valence-electron chi connectivity index (χ3n) is 8.36. The molecule has 0 saturated carbocycles. The molecule has 3 heteroatoms. The van der Waals surface area contributed by atoms with Gasteiger partial charge in [0.05, 0.1) is 0 Å². The molecule has 0 aromatic heterocycles. The smallest absolute Gasteiger partial charge is 0.147 e. The maximum atomic E-state index is 2.56. The first kappa shape index (κ1) is 30.6.